The minimum atomic E-state index is -3.72. The maximum Gasteiger partial charge on any atom is 0.244 e. The summed E-state index contributed by atoms with van der Waals surface area (Å²) in [5.74, 6) is 0.708. The molecule has 0 aliphatic carbocycles. The molecular weight excluding hydrogens is 300 g/mol. The number of hydrogen-bond donors (Lipinski definition) is 2. The molecule has 0 bridgehead atoms. The van der Waals surface area contributed by atoms with Gasteiger partial charge in [-0.1, -0.05) is 19.9 Å². The van der Waals surface area contributed by atoms with Gasteiger partial charge in [0.15, 0.2) is 0 Å². The normalized spacial score (nSPS) is 14.9. The predicted octanol–water partition coefficient (Wildman–Crippen LogP) is 2.35. The number of nitrogens with two attached hydrogens (primary N) is 1. The van der Waals surface area contributed by atoms with Gasteiger partial charge in [0.1, 0.15) is 10.6 Å². The van der Waals surface area contributed by atoms with Crippen LogP contribution in [0, 0.1) is 19.8 Å². The van der Waals surface area contributed by atoms with Gasteiger partial charge >= 0.3 is 0 Å². The summed E-state index contributed by atoms with van der Waals surface area (Å²) in [6.07, 6.45) is 0.663. The average Bonchev–Trinajstić information content (AvgIpc) is 2.36. The second kappa shape index (κ2) is 6.98. The van der Waals surface area contributed by atoms with Gasteiger partial charge in [-0.25, -0.2) is 13.1 Å². The van der Waals surface area contributed by atoms with Crippen molar-refractivity contribution in [1.29, 1.82) is 0 Å². The number of aryl methyl sites for hydroxylation is 2. The molecule has 22 heavy (non-hydrogen) atoms. The van der Waals surface area contributed by atoms with Gasteiger partial charge < -0.3 is 10.5 Å². The summed E-state index contributed by atoms with van der Waals surface area (Å²) in [5, 5.41) is 0. The predicted molar refractivity (Wildman–Crippen MR) is 89.7 cm³/mol. The van der Waals surface area contributed by atoms with Gasteiger partial charge in [-0.05, 0) is 50.3 Å². The number of benzene rings is 1. The fourth-order valence-electron chi connectivity index (χ4n) is 2.82. The Morgan fingerprint density at radius 3 is 2.36 bits per heavy atom. The monoisotopic (exact) mass is 328 g/mol. The Bertz CT molecular complexity index is 627. The van der Waals surface area contributed by atoms with Crippen LogP contribution in [0.5, 0.6) is 5.75 Å². The molecule has 0 aliphatic heterocycles. The number of methoxy groups -OCH3 is 1. The first kappa shape index (κ1) is 18.9. The van der Waals surface area contributed by atoms with E-state index in [4.69, 9.17) is 10.5 Å². The molecule has 0 spiro atoms. The van der Waals surface area contributed by atoms with Crippen molar-refractivity contribution in [2.75, 3.05) is 13.7 Å². The largest absolute Gasteiger partial charge is 0.495 e. The summed E-state index contributed by atoms with van der Waals surface area (Å²) in [7, 11) is -2.24. The lowest BCUT2D eigenvalue weighted by Gasteiger charge is -2.31. The molecular formula is C16H28N2O3S. The number of rotatable bonds is 7. The van der Waals surface area contributed by atoms with Gasteiger partial charge in [0.05, 0.1) is 7.11 Å². The molecule has 0 saturated heterocycles. The van der Waals surface area contributed by atoms with Crippen LogP contribution < -0.4 is 15.2 Å². The zero-order valence-electron chi connectivity index (χ0n) is 14.4. The lowest BCUT2D eigenvalue weighted by Crippen LogP contribution is -2.52. The van der Waals surface area contributed by atoms with E-state index in [-0.39, 0.29) is 11.4 Å². The Balaban J connectivity index is 3.30. The average molecular weight is 328 g/mol. The summed E-state index contributed by atoms with van der Waals surface area (Å²) in [6.45, 7) is 9.85. The lowest BCUT2D eigenvalue weighted by atomic mass is 9.92. The summed E-state index contributed by atoms with van der Waals surface area (Å²) in [5.41, 5.74) is 6.79. The van der Waals surface area contributed by atoms with Crippen LogP contribution in [0.2, 0.25) is 0 Å². The van der Waals surface area contributed by atoms with Gasteiger partial charge in [0.2, 0.25) is 10.0 Å². The van der Waals surface area contributed by atoms with E-state index < -0.39 is 15.6 Å². The smallest absolute Gasteiger partial charge is 0.244 e. The fourth-order valence-corrected chi connectivity index (χ4v) is 4.58. The van der Waals surface area contributed by atoms with Crippen molar-refractivity contribution in [3.05, 3.63) is 23.3 Å². The van der Waals surface area contributed by atoms with Crippen molar-refractivity contribution in [1.82, 2.24) is 4.72 Å². The molecule has 126 valence electrons. The highest BCUT2D eigenvalue weighted by Crippen LogP contribution is 2.30. The van der Waals surface area contributed by atoms with Crippen LogP contribution in [-0.4, -0.2) is 27.6 Å². The Labute approximate surface area is 134 Å². The second-order valence-electron chi connectivity index (χ2n) is 6.58. The van der Waals surface area contributed by atoms with E-state index in [2.05, 4.69) is 4.72 Å². The number of hydrogen-bond acceptors (Lipinski definition) is 4. The molecule has 0 heterocycles. The lowest BCUT2D eigenvalue weighted by molar-refractivity contribution is 0.343. The molecule has 1 rings (SSSR count). The molecule has 0 fully saturated rings. The highest BCUT2D eigenvalue weighted by Gasteiger charge is 2.32. The topological polar surface area (TPSA) is 81.4 Å². The molecule has 1 atom stereocenters. The number of ether oxygens (including phenoxy) is 1. The van der Waals surface area contributed by atoms with E-state index in [1.807, 2.05) is 40.7 Å². The molecule has 0 saturated carbocycles. The zero-order chi connectivity index (χ0) is 17.1. The van der Waals surface area contributed by atoms with E-state index in [0.29, 0.717) is 18.1 Å². The molecule has 6 heteroatoms. The fraction of sp³-hybridized carbons (Fsp3) is 0.625. The SMILES string of the molecule is COc1c(C)cc(C)cc1S(=O)(=O)NC(C)(CN)CC(C)C. The van der Waals surface area contributed by atoms with E-state index in [1.54, 1.807) is 6.07 Å². The first-order valence-electron chi connectivity index (χ1n) is 7.44. The Morgan fingerprint density at radius 2 is 1.91 bits per heavy atom. The quantitative estimate of drug-likeness (QED) is 0.805. The van der Waals surface area contributed by atoms with Crippen molar-refractivity contribution < 1.29 is 13.2 Å². The van der Waals surface area contributed by atoms with Crippen molar-refractivity contribution in [3.8, 4) is 5.75 Å². The number of sulfonamides is 1. The van der Waals surface area contributed by atoms with Crippen molar-refractivity contribution in [2.45, 2.75) is 51.5 Å². The van der Waals surface area contributed by atoms with Crippen LogP contribution in [0.25, 0.3) is 0 Å². The molecule has 0 radical (unpaired) electrons. The molecule has 5 nitrogen and oxygen atoms in total. The van der Waals surface area contributed by atoms with Crippen LogP contribution in [0.1, 0.15) is 38.3 Å². The summed E-state index contributed by atoms with van der Waals surface area (Å²) in [4.78, 5) is 0.163. The van der Waals surface area contributed by atoms with Crippen LogP contribution in [-0.2, 0) is 10.0 Å². The Morgan fingerprint density at radius 1 is 1.32 bits per heavy atom. The minimum Gasteiger partial charge on any atom is -0.495 e. The second-order valence-corrected chi connectivity index (χ2v) is 8.23. The van der Waals surface area contributed by atoms with E-state index >= 15 is 0 Å². The van der Waals surface area contributed by atoms with Gasteiger partial charge in [-0.15, -0.1) is 0 Å². The molecule has 0 aromatic heterocycles. The Kier molecular flexibility index (Phi) is 6.01. The maximum atomic E-state index is 12.8. The van der Waals surface area contributed by atoms with Crippen LogP contribution in [0.15, 0.2) is 17.0 Å². The highest BCUT2D eigenvalue weighted by molar-refractivity contribution is 7.89. The van der Waals surface area contributed by atoms with Crippen LogP contribution in [0.4, 0.5) is 0 Å². The zero-order valence-corrected chi connectivity index (χ0v) is 15.2. The van der Waals surface area contributed by atoms with Gasteiger partial charge in [0.25, 0.3) is 0 Å². The molecule has 3 N–H and O–H groups in total. The van der Waals surface area contributed by atoms with Crippen LogP contribution in [0.3, 0.4) is 0 Å². The molecule has 0 amide bonds. The highest BCUT2D eigenvalue weighted by atomic mass is 32.2. The van der Waals surface area contributed by atoms with Gasteiger partial charge in [0, 0.05) is 12.1 Å². The van der Waals surface area contributed by atoms with Crippen molar-refractivity contribution in [3.63, 3.8) is 0 Å². The van der Waals surface area contributed by atoms with Crippen molar-refractivity contribution in [2.24, 2.45) is 11.7 Å². The standard InChI is InChI=1S/C16H28N2O3S/c1-11(2)9-16(5,10-17)18-22(19,20)14-8-12(3)7-13(4)15(14)21-6/h7-8,11,18H,9-10,17H2,1-6H3. The van der Waals surface area contributed by atoms with E-state index in [9.17, 15) is 8.42 Å². The van der Waals surface area contributed by atoms with Gasteiger partial charge in [-0.3, -0.25) is 0 Å². The first-order valence-corrected chi connectivity index (χ1v) is 8.92. The van der Waals surface area contributed by atoms with E-state index in [0.717, 1.165) is 11.1 Å². The summed E-state index contributed by atoms with van der Waals surface area (Å²) < 4.78 is 33.7. The maximum absolute atomic E-state index is 12.8. The van der Waals surface area contributed by atoms with Gasteiger partial charge in [-0.2, -0.15) is 0 Å². The summed E-state index contributed by atoms with van der Waals surface area (Å²) >= 11 is 0. The minimum absolute atomic E-state index is 0.163. The third kappa shape index (κ3) is 4.44. The third-order valence-electron chi connectivity index (χ3n) is 3.57. The van der Waals surface area contributed by atoms with Crippen LogP contribution >= 0.6 is 0 Å². The Hall–Kier alpha value is -1.11. The van der Waals surface area contributed by atoms with E-state index in [1.165, 1.54) is 7.11 Å². The summed E-state index contributed by atoms with van der Waals surface area (Å²) in [6, 6.07) is 3.52. The molecule has 1 unspecified atom stereocenters. The van der Waals surface area contributed by atoms with Crippen molar-refractivity contribution >= 4 is 10.0 Å². The third-order valence-corrected chi connectivity index (χ3v) is 5.21. The molecule has 1 aromatic carbocycles. The molecule has 0 aliphatic rings. The first-order chi connectivity index (χ1) is 10.0. The number of nitrogens with one attached hydrogen (secondary N) is 1. The molecule has 1 aromatic rings.